The molecule has 0 fully saturated rings. The summed E-state index contributed by atoms with van der Waals surface area (Å²) in [5, 5.41) is 0. The Balaban J connectivity index is 2.16. The van der Waals surface area contributed by atoms with Crippen molar-refractivity contribution in [3.8, 4) is 0 Å². The van der Waals surface area contributed by atoms with E-state index in [9.17, 15) is 16.8 Å². The van der Waals surface area contributed by atoms with Gasteiger partial charge in [-0.15, -0.1) is 0 Å². The number of anilines is 2. The molecule has 0 amide bonds. The van der Waals surface area contributed by atoms with E-state index in [0.29, 0.717) is 0 Å². The van der Waals surface area contributed by atoms with Gasteiger partial charge in [0, 0.05) is 0 Å². The van der Waals surface area contributed by atoms with E-state index in [-0.39, 0.29) is 31.0 Å². The van der Waals surface area contributed by atoms with E-state index in [1.165, 1.54) is 42.5 Å². The smallest absolute Gasteiger partial charge is 0.208 e. The molecule has 0 saturated heterocycles. The van der Waals surface area contributed by atoms with Crippen LogP contribution in [0.3, 0.4) is 0 Å². The molecule has 0 aromatic heterocycles. The largest absolute Gasteiger partial charge is 0.398 e. The second-order valence-electron chi connectivity index (χ2n) is 5.56. The Morgan fingerprint density at radius 2 is 0.923 bits per heavy atom. The zero-order chi connectivity index (χ0) is 18.9. The van der Waals surface area contributed by atoms with E-state index in [1.807, 2.05) is 0 Å². The molecule has 8 heteroatoms. The standard InChI is InChI=1S/C18H16N2O4S2/c19-15-8-1-3-10-17(15)25(21,22)13-6-5-7-14(12-13)26(23,24)18-11-4-2-9-16(18)20/h1-12H,19-20H2. The van der Waals surface area contributed by atoms with Crippen molar-refractivity contribution in [1.82, 2.24) is 0 Å². The predicted molar refractivity (Wildman–Crippen MR) is 99.1 cm³/mol. The Kier molecular flexibility index (Phi) is 4.47. The van der Waals surface area contributed by atoms with Crippen LogP contribution in [0.2, 0.25) is 0 Å². The van der Waals surface area contributed by atoms with Gasteiger partial charge in [0.1, 0.15) is 0 Å². The average molecular weight is 388 g/mol. The predicted octanol–water partition coefficient (Wildman–Crippen LogP) is 2.52. The van der Waals surface area contributed by atoms with Crippen LogP contribution in [-0.2, 0) is 19.7 Å². The molecule has 6 nitrogen and oxygen atoms in total. The highest BCUT2D eigenvalue weighted by Gasteiger charge is 2.25. The van der Waals surface area contributed by atoms with E-state index in [4.69, 9.17) is 11.5 Å². The summed E-state index contributed by atoms with van der Waals surface area (Å²) in [6.07, 6.45) is 0. The summed E-state index contributed by atoms with van der Waals surface area (Å²) < 4.78 is 51.4. The molecule has 0 spiro atoms. The van der Waals surface area contributed by atoms with Crippen LogP contribution in [0.5, 0.6) is 0 Å². The van der Waals surface area contributed by atoms with Crippen LogP contribution in [0.25, 0.3) is 0 Å². The Hall–Kier alpha value is -2.84. The summed E-state index contributed by atoms with van der Waals surface area (Å²) >= 11 is 0. The maximum absolute atomic E-state index is 12.8. The normalized spacial score (nSPS) is 12.0. The van der Waals surface area contributed by atoms with Gasteiger partial charge in [0.15, 0.2) is 0 Å². The SMILES string of the molecule is Nc1ccccc1S(=O)(=O)c1cccc(S(=O)(=O)c2ccccc2N)c1. The minimum atomic E-state index is -3.97. The van der Waals surface area contributed by atoms with Crippen molar-refractivity contribution in [3.05, 3.63) is 72.8 Å². The molecule has 3 aromatic carbocycles. The van der Waals surface area contributed by atoms with Crippen LogP contribution in [0, 0.1) is 0 Å². The van der Waals surface area contributed by atoms with Crippen LogP contribution < -0.4 is 11.5 Å². The van der Waals surface area contributed by atoms with Crippen molar-refractivity contribution in [2.45, 2.75) is 19.6 Å². The van der Waals surface area contributed by atoms with Gasteiger partial charge < -0.3 is 11.5 Å². The molecule has 0 aliphatic carbocycles. The van der Waals surface area contributed by atoms with Gasteiger partial charge in [0.05, 0.1) is 31.0 Å². The summed E-state index contributed by atoms with van der Waals surface area (Å²) in [7, 11) is -7.93. The summed E-state index contributed by atoms with van der Waals surface area (Å²) in [5.74, 6) is 0. The van der Waals surface area contributed by atoms with Crippen LogP contribution in [0.1, 0.15) is 0 Å². The van der Waals surface area contributed by atoms with Crippen molar-refractivity contribution < 1.29 is 16.8 Å². The molecule has 134 valence electrons. The van der Waals surface area contributed by atoms with Crippen molar-refractivity contribution in [2.75, 3.05) is 11.5 Å². The number of nitrogen functional groups attached to an aromatic ring is 2. The fraction of sp³-hybridized carbons (Fsp3) is 0. The summed E-state index contributed by atoms with van der Waals surface area (Å²) in [4.78, 5) is -0.473. The maximum Gasteiger partial charge on any atom is 0.208 e. The zero-order valence-electron chi connectivity index (χ0n) is 13.5. The topological polar surface area (TPSA) is 120 Å². The number of benzene rings is 3. The van der Waals surface area contributed by atoms with Gasteiger partial charge in [-0.1, -0.05) is 30.3 Å². The summed E-state index contributed by atoms with van der Waals surface area (Å²) in [6, 6.07) is 17.2. The van der Waals surface area contributed by atoms with Gasteiger partial charge in [0.25, 0.3) is 0 Å². The fourth-order valence-corrected chi connectivity index (χ4v) is 5.45. The molecule has 26 heavy (non-hydrogen) atoms. The first-order valence-electron chi connectivity index (χ1n) is 7.54. The zero-order valence-corrected chi connectivity index (χ0v) is 15.2. The third-order valence-electron chi connectivity index (χ3n) is 3.84. The van der Waals surface area contributed by atoms with Crippen LogP contribution in [-0.4, -0.2) is 16.8 Å². The Morgan fingerprint density at radius 1 is 0.538 bits per heavy atom. The number of nitrogens with two attached hydrogens (primary N) is 2. The molecular formula is C18H16N2O4S2. The molecule has 0 aliphatic rings. The first-order valence-corrected chi connectivity index (χ1v) is 10.5. The highest BCUT2D eigenvalue weighted by Crippen LogP contribution is 2.30. The van der Waals surface area contributed by atoms with Crippen LogP contribution in [0.4, 0.5) is 11.4 Å². The lowest BCUT2D eigenvalue weighted by atomic mass is 10.3. The molecule has 0 saturated carbocycles. The number of rotatable bonds is 4. The third-order valence-corrected chi connectivity index (χ3v) is 7.49. The molecule has 0 radical (unpaired) electrons. The first kappa shape index (κ1) is 18.0. The second-order valence-corrected chi connectivity index (χ2v) is 9.39. The highest BCUT2D eigenvalue weighted by atomic mass is 32.2. The van der Waals surface area contributed by atoms with Crippen molar-refractivity contribution in [2.24, 2.45) is 0 Å². The van der Waals surface area contributed by atoms with E-state index >= 15 is 0 Å². The van der Waals surface area contributed by atoms with Crippen LogP contribution >= 0.6 is 0 Å². The number of sulfone groups is 2. The van der Waals surface area contributed by atoms with E-state index in [1.54, 1.807) is 24.3 Å². The van der Waals surface area contributed by atoms with Gasteiger partial charge in [-0.25, -0.2) is 16.8 Å². The quantitative estimate of drug-likeness (QED) is 0.663. The number of hydrogen-bond acceptors (Lipinski definition) is 6. The maximum atomic E-state index is 12.8. The Labute approximate surface area is 151 Å². The minimum Gasteiger partial charge on any atom is -0.398 e. The number of hydrogen-bond donors (Lipinski definition) is 2. The fourth-order valence-electron chi connectivity index (χ4n) is 2.51. The molecular weight excluding hydrogens is 372 g/mol. The Bertz CT molecular complexity index is 1100. The molecule has 3 rings (SSSR count). The second kappa shape index (κ2) is 6.47. The molecule has 4 N–H and O–H groups in total. The molecule has 0 heterocycles. The monoisotopic (exact) mass is 388 g/mol. The summed E-state index contributed by atoms with van der Waals surface area (Å²) in [6.45, 7) is 0. The van der Waals surface area contributed by atoms with Gasteiger partial charge in [-0.3, -0.25) is 0 Å². The van der Waals surface area contributed by atoms with Crippen molar-refractivity contribution in [1.29, 1.82) is 0 Å². The van der Waals surface area contributed by atoms with Gasteiger partial charge in [-0.2, -0.15) is 0 Å². The highest BCUT2D eigenvalue weighted by molar-refractivity contribution is 7.92. The first-order chi connectivity index (χ1) is 12.2. The molecule has 0 aliphatic heterocycles. The van der Waals surface area contributed by atoms with Crippen molar-refractivity contribution >= 4 is 31.0 Å². The van der Waals surface area contributed by atoms with E-state index in [0.717, 1.165) is 6.07 Å². The molecule has 3 aromatic rings. The lowest BCUT2D eigenvalue weighted by Crippen LogP contribution is -2.09. The van der Waals surface area contributed by atoms with Gasteiger partial charge in [0.2, 0.25) is 19.7 Å². The van der Waals surface area contributed by atoms with E-state index in [2.05, 4.69) is 0 Å². The minimum absolute atomic E-state index is 0.0752. The molecule has 0 unspecified atom stereocenters. The molecule has 0 bridgehead atoms. The molecule has 0 atom stereocenters. The third kappa shape index (κ3) is 3.04. The lowest BCUT2D eigenvalue weighted by molar-refractivity contribution is 0.594. The Morgan fingerprint density at radius 3 is 1.31 bits per heavy atom. The average Bonchev–Trinajstić information content (AvgIpc) is 2.62. The summed E-state index contributed by atoms with van der Waals surface area (Å²) in [5.41, 5.74) is 11.7. The van der Waals surface area contributed by atoms with E-state index < -0.39 is 19.7 Å². The number of para-hydroxylation sites is 2. The van der Waals surface area contributed by atoms with Crippen molar-refractivity contribution in [3.63, 3.8) is 0 Å². The van der Waals surface area contributed by atoms with Crippen LogP contribution in [0.15, 0.2) is 92.4 Å². The van der Waals surface area contributed by atoms with Gasteiger partial charge >= 0.3 is 0 Å². The lowest BCUT2D eigenvalue weighted by Gasteiger charge is -2.10. The van der Waals surface area contributed by atoms with Gasteiger partial charge in [-0.05, 0) is 42.5 Å².